The number of aliphatic carboxylic acids is 1. The summed E-state index contributed by atoms with van der Waals surface area (Å²) in [6.45, 7) is 3.17. The van der Waals surface area contributed by atoms with Crippen LogP contribution in [-0.4, -0.2) is 11.1 Å². The summed E-state index contributed by atoms with van der Waals surface area (Å²) in [5.74, 6) is -2.29. The maximum absolute atomic E-state index is 13.2. The zero-order valence-corrected chi connectivity index (χ0v) is 11.2. The molecule has 0 aliphatic rings. The first-order valence-corrected chi connectivity index (χ1v) is 6.11. The summed E-state index contributed by atoms with van der Waals surface area (Å²) in [6.07, 6.45) is 0. The molecule has 0 unspecified atom stereocenters. The minimum atomic E-state index is -1.07. The first kappa shape index (κ1) is 14.2. The number of hydrogen-bond donors (Lipinski definition) is 1. The summed E-state index contributed by atoms with van der Waals surface area (Å²) >= 11 is 0. The molecule has 0 heterocycles. The van der Waals surface area contributed by atoms with Crippen LogP contribution in [0.1, 0.15) is 19.4 Å². The Bertz CT molecular complexity index is 643. The predicted octanol–water partition coefficient (Wildman–Crippen LogP) is 3.99. The van der Waals surface area contributed by atoms with Gasteiger partial charge in [-0.3, -0.25) is 4.79 Å². The molecule has 104 valence electrons. The standard InChI is InChI=1S/C16H14F2O2/c1-16(2,15(19)20)12-5-3-4-10(6-12)11-7-13(17)9-14(18)8-11/h3-9H,1-2H3,(H,19,20). The molecule has 0 saturated carbocycles. The third-order valence-corrected chi connectivity index (χ3v) is 3.31. The molecule has 2 aromatic carbocycles. The average molecular weight is 276 g/mol. The van der Waals surface area contributed by atoms with Gasteiger partial charge in [-0.25, -0.2) is 8.78 Å². The highest BCUT2D eigenvalue weighted by atomic mass is 19.1. The molecule has 0 saturated heterocycles. The van der Waals surface area contributed by atoms with Crippen LogP contribution in [0.15, 0.2) is 42.5 Å². The van der Waals surface area contributed by atoms with E-state index in [1.165, 1.54) is 12.1 Å². The van der Waals surface area contributed by atoms with Gasteiger partial charge in [0.1, 0.15) is 11.6 Å². The monoisotopic (exact) mass is 276 g/mol. The van der Waals surface area contributed by atoms with Gasteiger partial charge in [-0.05, 0) is 42.7 Å². The molecule has 2 nitrogen and oxygen atoms in total. The van der Waals surface area contributed by atoms with Crippen molar-refractivity contribution in [2.24, 2.45) is 0 Å². The molecule has 0 amide bonds. The number of hydrogen-bond acceptors (Lipinski definition) is 1. The molecular weight excluding hydrogens is 262 g/mol. The second-order valence-corrected chi connectivity index (χ2v) is 5.17. The van der Waals surface area contributed by atoms with Crippen molar-refractivity contribution in [2.75, 3.05) is 0 Å². The van der Waals surface area contributed by atoms with Gasteiger partial charge in [-0.1, -0.05) is 24.3 Å². The summed E-state index contributed by atoms with van der Waals surface area (Å²) in [5, 5.41) is 9.22. The highest BCUT2D eigenvalue weighted by molar-refractivity contribution is 5.81. The predicted molar refractivity (Wildman–Crippen MR) is 72.5 cm³/mol. The minimum Gasteiger partial charge on any atom is -0.481 e. The molecule has 0 aliphatic carbocycles. The van der Waals surface area contributed by atoms with Crippen molar-refractivity contribution in [3.63, 3.8) is 0 Å². The van der Waals surface area contributed by atoms with Crippen molar-refractivity contribution < 1.29 is 18.7 Å². The zero-order chi connectivity index (χ0) is 14.9. The molecule has 1 N–H and O–H groups in total. The van der Waals surface area contributed by atoms with Crippen LogP contribution < -0.4 is 0 Å². The largest absolute Gasteiger partial charge is 0.481 e. The van der Waals surface area contributed by atoms with Crippen molar-refractivity contribution in [3.8, 4) is 11.1 Å². The van der Waals surface area contributed by atoms with Gasteiger partial charge in [-0.2, -0.15) is 0 Å². The van der Waals surface area contributed by atoms with Crippen LogP contribution >= 0.6 is 0 Å². The Morgan fingerprint density at radius 1 is 1.00 bits per heavy atom. The van der Waals surface area contributed by atoms with E-state index in [1.807, 2.05) is 0 Å². The molecule has 20 heavy (non-hydrogen) atoms. The lowest BCUT2D eigenvalue weighted by Gasteiger charge is -2.20. The minimum absolute atomic E-state index is 0.380. The lowest BCUT2D eigenvalue weighted by molar-refractivity contribution is -0.142. The topological polar surface area (TPSA) is 37.3 Å². The second kappa shape index (κ2) is 5.04. The summed E-state index contributed by atoms with van der Waals surface area (Å²) in [5.41, 5.74) is 0.468. The van der Waals surface area contributed by atoms with Crippen molar-refractivity contribution >= 4 is 5.97 Å². The lowest BCUT2D eigenvalue weighted by Crippen LogP contribution is -2.28. The van der Waals surface area contributed by atoms with E-state index in [4.69, 9.17) is 0 Å². The molecule has 0 aromatic heterocycles. The van der Waals surface area contributed by atoms with Gasteiger partial charge in [-0.15, -0.1) is 0 Å². The summed E-state index contributed by atoms with van der Waals surface area (Å²) in [4.78, 5) is 11.3. The first-order valence-electron chi connectivity index (χ1n) is 6.11. The third-order valence-electron chi connectivity index (χ3n) is 3.31. The molecule has 0 atom stereocenters. The van der Waals surface area contributed by atoms with Gasteiger partial charge < -0.3 is 5.11 Å². The van der Waals surface area contributed by atoms with E-state index >= 15 is 0 Å². The van der Waals surface area contributed by atoms with E-state index in [1.54, 1.807) is 38.1 Å². The third kappa shape index (κ3) is 2.69. The Kier molecular flexibility index (Phi) is 3.57. The average Bonchev–Trinajstić information content (AvgIpc) is 2.37. The van der Waals surface area contributed by atoms with E-state index in [-0.39, 0.29) is 0 Å². The molecule has 2 aromatic rings. The molecule has 0 spiro atoms. The van der Waals surface area contributed by atoms with Crippen molar-refractivity contribution in [3.05, 3.63) is 59.7 Å². The number of carbonyl (C=O) groups is 1. The highest BCUT2D eigenvalue weighted by Crippen LogP contribution is 2.29. The van der Waals surface area contributed by atoms with E-state index in [9.17, 15) is 18.7 Å². The van der Waals surface area contributed by atoms with Crippen molar-refractivity contribution in [1.82, 2.24) is 0 Å². The van der Waals surface area contributed by atoms with Crippen LogP contribution in [0, 0.1) is 11.6 Å². The number of halogens is 2. The van der Waals surface area contributed by atoms with Gasteiger partial charge in [0.05, 0.1) is 5.41 Å². The van der Waals surface area contributed by atoms with E-state index in [2.05, 4.69) is 0 Å². The molecule has 0 bridgehead atoms. The van der Waals surface area contributed by atoms with Gasteiger partial charge in [0.25, 0.3) is 0 Å². The lowest BCUT2D eigenvalue weighted by atomic mass is 9.83. The van der Waals surface area contributed by atoms with Crippen LogP contribution in [0.25, 0.3) is 11.1 Å². The molecule has 0 fully saturated rings. The number of carboxylic acids is 1. The first-order chi connectivity index (χ1) is 9.30. The van der Waals surface area contributed by atoms with Crippen LogP contribution in [-0.2, 0) is 10.2 Å². The van der Waals surface area contributed by atoms with Crippen molar-refractivity contribution in [2.45, 2.75) is 19.3 Å². The maximum Gasteiger partial charge on any atom is 0.313 e. The van der Waals surface area contributed by atoms with Crippen LogP contribution in [0.5, 0.6) is 0 Å². The molecule has 2 rings (SSSR count). The summed E-state index contributed by atoms with van der Waals surface area (Å²) in [6, 6.07) is 9.93. The molecular formula is C16H14F2O2. The second-order valence-electron chi connectivity index (χ2n) is 5.17. The Hall–Kier alpha value is -2.23. The van der Waals surface area contributed by atoms with Gasteiger partial charge in [0.2, 0.25) is 0 Å². The number of carboxylic acid groups (broad SMARTS) is 1. The van der Waals surface area contributed by atoms with Crippen LogP contribution in [0.3, 0.4) is 0 Å². The van der Waals surface area contributed by atoms with Crippen LogP contribution in [0.4, 0.5) is 8.78 Å². The number of rotatable bonds is 3. The van der Waals surface area contributed by atoms with Crippen molar-refractivity contribution in [1.29, 1.82) is 0 Å². The zero-order valence-electron chi connectivity index (χ0n) is 11.2. The van der Waals surface area contributed by atoms with Gasteiger partial charge >= 0.3 is 5.97 Å². The summed E-state index contributed by atoms with van der Waals surface area (Å²) in [7, 11) is 0. The molecule has 4 heteroatoms. The van der Waals surface area contributed by atoms with E-state index in [0.29, 0.717) is 16.7 Å². The fraction of sp³-hybridized carbons (Fsp3) is 0.188. The maximum atomic E-state index is 13.2. The Morgan fingerprint density at radius 3 is 2.15 bits per heavy atom. The van der Waals surface area contributed by atoms with E-state index < -0.39 is 23.0 Å². The normalized spacial score (nSPS) is 11.4. The quantitative estimate of drug-likeness (QED) is 0.920. The fourth-order valence-corrected chi connectivity index (χ4v) is 1.93. The Morgan fingerprint density at radius 2 is 1.60 bits per heavy atom. The Balaban J connectivity index is 2.52. The smallest absolute Gasteiger partial charge is 0.313 e. The fourth-order valence-electron chi connectivity index (χ4n) is 1.93. The molecule has 0 radical (unpaired) electrons. The van der Waals surface area contributed by atoms with E-state index in [0.717, 1.165) is 6.07 Å². The SMILES string of the molecule is CC(C)(C(=O)O)c1cccc(-c2cc(F)cc(F)c2)c1. The Labute approximate surface area is 115 Å². The van der Waals surface area contributed by atoms with Gasteiger partial charge in [0.15, 0.2) is 0 Å². The van der Waals surface area contributed by atoms with Gasteiger partial charge in [0, 0.05) is 6.07 Å². The van der Waals surface area contributed by atoms with Crippen LogP contribution in [0.2, 0.25) is 0 Å². The number of benzene rings is 2. The molecule has 0 aliphatic heterocycles. The summed E-state index contributed by atoms with van der Waals surface area (Å²) < 4.78 is 26.5. The highest BCUT2D eigenvalue weighted by Gasteiger charge is 2.29.